The van der Waals surface area contributed by atoms with Crippen LogP contribution in [0.25, 0.3) is 0 Å². The van der Waals surface area contributed by atoms with Crippen LogP contribution >= 0.6 is 0 Å². The second kappa shape index (κ2) is 8.19. The first-order valence-corrected chi connectivity index (χ1v) is 9.17. The minimum Gasteiger partial charge on any atom is -0.444 e. The maximum absolute atomic E-state index is 12.1. The molecule has 0 aromatic rings. The first-order chi connectivity index (χ1) is 10.4. The van der Waals surface area contributed by atoms with E-state index in [1.807, 2.05) is 20.8 Å². The maximum Gasteiger partial charge on any atom is 0.407 e. The number of rotatable bonds is 4. The van der Waals surface area contributed by atoms with Crippen molar-refractivity contribution in [3.05, 3.63) is 0 Å². The van der Waals surface area contributed by atoms with Crippen molar-refractivity contribution >= 4 is 6.09 Å². The summed E-state index contributed by atoms with van der Waals surface area (Å²) in [5.41, 5.74) is -0.429. The summed E-state index contributed by atoms with van der Waals surface area (Å²) in [6, 6.07) is 0.606. The second-order valence-corrected chi connectivity index (χ2v) is 8.06. The SMILES string of the molecule is CC(C)(C)OC(=O)NC1CCCCCC1NCC1CCCC1. The van der Waals surface area contributed by atoms with Crippen molar-refractivity contribution in [3.63, 3.8) is 0 Å². The number of carbonyl (C=O) groups is 1. The highest BCUT2D eigenvalue weighted by Crippen LogP contribution is 2.25. The van der Waals surface area contributed by atoms with E-state index in [9.17, 15) is 4.79 Å². The van der Waals surface area contributed by atoms with Gasteiger partial charge in [0.05, 0.1) is 0 Å². The van der Waals surface area contributed by atoms with Crippen molar-refractivity contribution in [1.82, 2.24) is 10.6 Å². The number of alkyl carbamates (subject to hydrolysis) is 1. The average molecular weight is 310 g/mol. The standard InChI is InChI=1S/C18H34N2O2/c1-18(2,3)22-17(21)20-16-12-6-4-5-11-15(16)19-13-14-9-7-8-10-14/h14-16,19H,4-13H2,1-3H3,(H,20,21). The van der Waals surface area contributed by atoms with Gasteiger partial charge in [0.15, 0.2) is 0 Å². The van der Waals surface area contributed by atoms with Crippen LogP contribution in [0.15, 0.2) is 0 Å². The van der Waals surface area contributed by atoms with Gasteiger partial charge in [-0.3, -0.25) is 0 Å². The van der Waals surface area contributed by atoms with Gasteiger partial charge >= 0.3 is 6.09 Å². The molecule has 0 aliphatic heterocycles. The normalized spacial score (nSPS) is 27.4. The summed E-state index contributed by atoms with van der Waals surface area (Å²) >= 11 is 0. The zero-order valence-electron chi connectivity index (χ0n) is 14.6. The molecule has 0 radical (unpaired) electrons. The lowest BCUT2D eigenvalue weighted by molar-refractivity contribution is 0.0489. The van der Waals surface area contributed by atoms with Crippen LogP contribution in [-0.4, -0.2) is 30.3 Å². The van der Waals surface area contributed by atoms with Gasteiger partial charge in [-0.1, -0.05) is 32.1 Å². The Morgan fingerprint density at radius 2 is 1.55 bits per heavy atom. The lowest BCUT2D eigenvalue weighted by atomic mass is 10.0. The molecule has 0 heterocycles. The second-order valence-electron chi connectivity index (χ2n) is 8.06. The van der Waals surface area contributed by atoms with Gasteiger partial charge in [0.25, 0.3) is 0 Å². The van der Waals surface area contributed by atoms with Crippen molar-refractivity contribution in [1.29, 1.82) is 0 Å². The van der Waals surface area contributed by atoms with E-state index < -0.39 is 5.60 Å². The van der Waals surface area contributed by atoms with Crippen molar-refractivity contribution in [2.24, 2.45) is 5.92 Å². The number of nitrogens with one attached hydrogen (secondary N) is 2. The van der Waals surface area contributed by atoms with Gasteiger partial charge in [-0.25, -0.2) is 4.79 Å². The predicted octanol–water partition coefficient (Wildman–Crippen LogP) is 3.99. The van der Waals surface area contributed by atoms with E-state index in [1.165, 1.54) is 44.9 Å². The van der Waals surface area contributed by atoms with Gasteiger partial charge in [0.2, 0.25) is 0 Å². The molecular formula is C18H34N2O2. The molecule has 2 aliphatic carbocycles. The summed E-state index contributed by atoms with van der Waals surface area (Å²) < 4.78 is 5.43. The molecule has 0 saturated heterocycles. The van der Waals surface area contributed by atoms with Crippen LogP contribution in [0.3, 0.4) is 0 Å². The van der Waals surface area contributed by atoms with E-state index in [1.54, 1.807) is 0 Å². The highest BCUT2D eigenvalue weighted by molar-refractivity contribution is 5.68. The Morgan fingerprint density at radius 3 is 2.18 bits per heavy atom. The van der Waals surface area contributed by atoms with Crippen LogP contribution in [-0.2, 0) is 4.74 Å². The van der Waals surface area contributed by atoms with E-state index in [0.29, 0.717) is 6.04 Å². The quantitative estimate of drug-likeness (QED) is 0.772. The Kier molecular flexibility index (Phi) is 6.54. The molecule has 22 heavy (non-hydrogen) atoms. The first-order valence-electron chi connectivity index (χ1n) is 9.17. The van der Waals surface area contributed by atoms with Crippen LogP contribution in [0, 0.1) is 5.92 Å². The Morgan fingerprint density at radius 1 is 0.955 bits per heavy atom. The fourth-order valence-corrected chi connectivity index (χ4v) is 3.72. The van der Waals surface area contributed by atoms with Crippen molar-refractivity contribution in [2.45, 2.75) is 96.2 Å². The molecule has 1 amide bonds. The molecule has 2 atom stereocenters. The first kappa shape index (κ1) is 17.6. The van der Waals surface area contributed by atoms with Gasteiger partial charge in [-0.05, 0) is 58.9 Å². The molecule has 4 heteroatoms. The summed E-state index contributed by atoms with van der Waals surface area (Å²) in [6.45, 7) is 6.84. The topological polar surface area (TPSA) is 50.4 Å². The molecule has 2 saturated carbocycles. The number of carbonyl (C=O) groups excluding carboxylic acids is 1. The summed E-state index contributed by atoms with van der Waals surface area (Å²) in [5.74, 6) is 0.838. The van der Waals surface area contributed by atoms with Gasteiger partial charge in [-0.15, -0.1) is 0 Å². The predicted molar refractivity (Wildman–Crippen MR) is 90.0 cm³/mol. The molecule has 0 bridgehead atoms. The van der Waals surface area contributed by atoms with Crippen LogP contribution in [0.4, 0.5) is 4.79 Å². The number of amides is 1. The molecule has 2 N–H and O–H groups in total. The Balaban J connectivity index is 1.84. The van der Waals surface area contributed by atoms with E-state index in [4.69, 9.17) is 4.74 Å². The zero-order chi connectivity index (χ0) is 16.0. The molecule has 4 nitrogen and oxygen atoms in total. The fourth-order valence-electron chi connectivity index (χ4n) is 3.72. The molecule has 0 spiro atoms. The van der Waals surface area contributed by atoms with Crippen molar-refractivity contribution in [2.75, 3.05) is 6.54 Å². The lowest BCUT2D eigenvalue weighted by Gasteiger charge is -2.29. The molecule has 2 aliphatic rings. The van der Waals surface area contributed by atoms with Crippen LogP contribution in [0.1, 0.15) is 78.6 Å². The van der Waals surface area contributed by atoms with E-state index in [-0.39, 0.29) is 12.1 Å². The summed E-state index contributed by atoms with van der Waals surface area (Å²) in [4.78, 5) is 12.1. The van der Waals surface area contributed by atoms with Crippen LogP contribution in [0.5, 0.6) is 0 Å². The molecule has 128 valence electrons. The summed E-state index contributed by atoms with van der Waals surface area (Å²) in [6.07, 6.45) is 11.2. The summed E-state index contributed by atoms with van der Waals surface area (Å²) in [7, 11) is 0. The third-order valence-electron chi connectivity index (χ3n) is 4.86. The Bertz CT molecular complexity index is 345. The number of ether oxygens (including phenoxy) is 1. The van der Waals surface area contributed by atoms with Crippen molar-refractivity contribution < 1.29 is 9.53 Å². The number of hydrogen-bond acceptors (Lipinski definition) is 3. The Labute approximate surface area is 135 Å². The van der Waals surface area contributed by atoms with Gasteiger partial charge in [0, 0.05) is 12.1 Å². The zero-order valence-corrected chi connectivity index (χ0v) is 14.6. The van der Waals surface area contributed by atoms with Gasteiger partial charge < -0.3 is 15.4 Å². The van der Waals surface area contributed by atoms with Crippen LogP contribution < -0.4 is 10.6 Å². The smallest absolute Gasteiger partial charge is 0.407 e. The molecule has 2 fully saturated rings. The summed E-state index contributed by atoms with van der Waals surface area (Å²) in [5, 5.41) is 6.87. The Hall–Kier alpha value is -0.770. The van der Waals surface area contributed by atoms with Crippen molar-refractivity contribution in [3.8, 4) is 0 Å². The minimum atomic E-state index is -0.429. The van der Waals surface area contributed by atoms with E-state index >= 15 is 0 Å². The maximum atomic E-state index is 12.1. The molecule has 0 aromatic heterocycles. The van der Waals surface area contributed by atoms with E-state index in [0.717, 1.165) is 25.3 Å². The average Bonchev–Trinajstić information content (AvgIpc) is 2.83. The molecule has 2 rings (SSSR count). The highest BCUT2D eigenvalue weighted by Gasteiger charge is 2.28. The molecular weight excluding hydrogens is 276 g/mol. The number of hydrogen-bond donors (Lipinski definition) is 2. The fraction of sp³-hybridized carbons (Fsp3) is 0.944. The third-order valence-corrected chi connectivity index (χ3v) is 4.86. The van der Waals surface area contributed by atoms with Crippen LogP contribution in [0.2, 0.25) is 0 Å². The van der Waals surface area contributed by atoms with E-state index in [2.05, 4.69) is 10.6 Å². The monoisotopic (exact) mass is 310 g/mol. The van der Waals surface area contributed by atoms with Gasteiger partial charge in [0.1, 0.15) is 5.60 Å². The highest BCUT2D eigenvalue weighted by atomic mass is 16.6. The molecule has 2 unspecified atom stereocenters. The minimum absolute atomic E-state index is 0.207. The lowest BCUT2D eigenvalue weighted by Crippen LogP contribution is -2.51. The molecule has 0 aromatic carbocycles. The largest absolute Gasteiger partial charge is 0.444 e. The van der Waals surface area contributed by atoms with Gasteiger partial charge in [-0.2, -0.15) is 0 Å². The third kappa shape index (κ3) is 6.15.